The minimum Gasteiger partial charge on any atom is -0.278 e. The molecule has 0 atom stereocenters. The summed E-state index contributed by atoms with van der Waals surface area (Å²) in [4.78, 5) is 0. The van der Waals surface area contributed by atoms with Gasteiger partial charge in [-0.2, -0.15) is 18.4 Å². The number of halogens is 3. The molecule has 0 bridgehead atoms. The van der Waals surface area contributed by atoms with E-state index in [0.717, 1.165) is 41.2 Å². The monoisotopic (exact) mass is 356 g/mol. The van der Waals surface area contributed by atoms with Crippen LogP contribution >= 0.6 is 0 Å². The average Bonchev–Trinajstić information content (AvgIpc) is 3.28. The number of pyridine rings is 1. The molecule has 1 aromatic carbocycles. The first-order valence-corrected chi connectivity index (χ1v) is 8.37. The molecule has 0 spiro atoms. The smallest absolute Gasteiger partial charge is 0.278 e. The lowest BCUT2D eigenvalue weighted by Gasteiger charge is -2.21. The molecule has 0 radical (unpaired) electrons. The van der Waals surface area contributed by atoms with Crippen molar-refractivity contribution in [3.05, 3.63) is 54.0 Å². The van der Waals surface area contributed by atoms with Crippen LogP contribution in [0.3, 0.4) is 0 Å². The first-order valence-electron chi connectivity index (χ1n) is 8.37. The molecule has 132 valence electrons. The molecular formula is C19H15F3N4. The minimum atomic E-state index is -4.57. The van der Waals surface area contributed by atoms with Gasteiger partial charge in [-0.3, -0.25) is 4.40 Å². The van der Waals surface area contributed by atoms with E-state index in [0.29, 0.717) is 5.56 Å². The summed E-state index contributed by atoms with van der Waals surface area (Å²) in [6.45, 7) is 0. The zero-order valence-electron chi connectivity index (χ0n) is 13.8. The minimum absolute atomic E-state index is 0.145. The maximum absolute atomic E-state index is 13.0. The Morgan fingerprint density at radius 2 is 1.62 bits per heavy atom. The molecule has 1 saturated carbocycles. The van der Waals surface area contributed by atoms with Crippen molar-refractivity contribution in [2.45, 2.75) is 37.3 Å². The van der Waals surface area contributed by atoms with Gasteiger partial charge in [0, 0.05) is 6.20 Å². The van der Waals surface area contributed by atoms with Gasteiger partial charge in [-0.15, -0.1) is 10.2 Å². The van der Waals surface area contributed by atoms with Crippen molar-refractivity contribution in [2.75, 3.05) is 0 Å². The number of nitriles is 1. The Hall–Kier alpha value is -2.88. The molecule has 0 N–H and O–H groups in total. The highest BCUT2D eigenvalue weighted by Gasteiger charge is 2.37. The normalized spacial score (nSPS) is 16.7. The Morgan fingerprint density at radius 1 is 0.962 bits per heavy atom. The second kappa shape index (κ2) is 5.84. The van der Waals surface area contributed by atoms with Gasteiger partial charge < -0.3 is 0 Å². The Bertz CT molecular complexity index is 990. The Kier molecular flexibility index (Phi) is 3.72. The lowest BCUT2D eigenvalue weighted by Crippen LogP contribution is -2.18. The van der Waals surface area contributed by atoms with Gasteiger partial charge in [0.05, 0.1) is 11.5 Å². The van der Waals surface area contributed by atoms with Crippen molar-refractivity contribution in [3.63, 3.8) is 0 Å². The summed E-state index contributed by atoms with van der Waals surface area (Å²) < 4.78 is 40.1. The van der Waals surface area contributed by atoms with Gasteiger partial charge in [0.2, 0.25) is 5.82 Å². The molecule has 0 saturated heterocycles. The molecule has 1 aliphatic rings. The van der Waals surface area contributed by atoms with Gasteiger partial charge in [-0.1, -0.05) is 37.1 Å². The van der Waals surface area contributed by atoms with Gasteiger partial charge in [0.15, 0.2) is 5.65 Å². The molecule has 2 heterocycles. The summed E-state index contributed by atoms with van der Waals surface area (Å²) in [5, 5.41) is 16.4. The number of rotatable bonds is 2. The second-order valence-electron chi connectivity index (χ2n) is 6.65. The van der Waals surface area contributed by atoms with Gasteiger partial charge in [0.25, 0.3) is 0 Å². The van der Waals surface area contributed by atoms with Crippen LogP contribution in [-0.2, 0) is 11.6 Å². The van der Waals surface area contributed by atoms with Crippen molar-refractivity contribution in [2.24, 2.45) is 0 Å². The first kappa shape index (κ1) is 16.6. The molecule has 26 heavy (non-hydrogen) atoms. The van der Waals surface area contributed by atoms with Crippen LogP contribution in [0, 0.1) is 11.3 Å². The summed E-state index contributed by atoms with van der Waals surface area (Å²) >= 11 is 0. The zero-order valence-corrected chi connectivity index (χ0v) is 13.8. The van der Waals surface area contributed by atoms with Crippen molar-refractivity contribution in [3.8, 4) is 17.2 Å². The maximum Gasteiger partial charge on any atom is 0.452 e. The van der Waals surface area contributed by atoms with E-state index < -0.39 is 17.4 Å². The number of hydrogen-bond acceptors (Lipinski definition) is 3. The number of aromatic nitrogens is 3. The highest BCUT2D eigenvalue weighted by molar-refractivity contribution is 5.65. The molecule has 0 aliphatic heterocycles. The third-order valence-electron chi connectivity index (χ3n) is 5.10. The van der Waals surface area contributed by atoms with Crippen LogP contribution < -0.4 is 0 Å². The van der Waals surface area contributed by atoms with Gasteiger partial charge in [-0.05, 0) is 41.7 Å². The molecule has 1 fully saturated rings. The van der Waals surface area contributed by atoms with Gasteiger partial charge in [-0.25, -0.2) is 0 Å². The first-order chi connectivity index (χ1) is 12.4. The molecule has 3 aromatic rings. The summed E-state index contributed by atoms with van der Waals surface area (Å²) in [7, 11) is 0. The van der Waals surface area contributed by atoms with E-state index in [-0.39, 0.29) is 5.65 Å². The topological polar surface area (TPSA) is 54.0 Å². The van der Waals surface area contributed by atoms with Crippen LogP contribution in [0.25, 0.3) is 16.8 Å². The molecule has 4 rings (SSSR count). The molecule has 0 unspecified atom stereocenters. The number of fused-ring (bicyclic) bond motifs is 1. The Morgan fingerprint density at radius 3 is 2.23 bits per heavy atom. The summed E-state index contributed by atoms with van der Waals surface area (Å²) in [5.41, 5.74) is 2.10. The van der Waals surface area contributed by atoms with Crippen LogP contribution in [0.4, 0.5) is 13.2 Å². The standard InChI is InChI=1S/C19H15F3N4/c20-19(21,22)17-25-24-16-8-5-14(11-26(16)17)13-3-6-15(7-4-13)18(12-23)9-1-2-10-18/h3-8,11H,1-2,9-10H2. The van der Waals surface area contributed by atoms with E-state index in [1.54, 1.807) is 6.07 Å². The van der Waals surface area contributed by atoms with Crippen LogP contribution in [-0.4, -0.2) is 14.6 Å². The number of benzene rings is 1. The van der Waals surface area contributed by atoms with Crippen LogP contribution in [0.2, 0.25) is 0 Å². The number of nitrogens with zero attached hydrogens (tertiary/aromatic N) is 4. The molecular weight excluding hydrogens is 341 g/mol. The third kappa shape index (κ3) is 2.62. The molecule has 4 nitrogen and oxygen atoms in total. The average molecular weight is 356 g/mol. The predicted molar refractivity (Wildman–Crippen MR) is 89.2 cm³/mol. The zero-order chi connectivity index (χ0) is 18.4. The fraction of sp³-hybridized carbons (Fsp3) is 0.316. The molecule has 7 heteroatoms. The van der Waals surface area contributed by atoms with E-state index in [4.69, 9.17) is 0 Å². The number of hydrogen-bond donors (Lipinski definition) is 0. The summed E-state index contributed by atoms with van der Waals surface area (Å²) in [6, 6.07) is 13.2. The van der Waals surface area contributed by atoms with Crippen LogP contribution in [0.15, 0.2) is 42.6 Å². The van der Waals surface area contributed by atoms with E-state index in [1.165, 1.54) is 12.3 Å². The Labute approximate surface area is 147 Å². The van der Waals surface area contributed by atoms with Gasteiger partial charge in [0.1, 0.15) is 0 Å². The fourth-order valence-corrected chi connectivity index (χ4v) is 3.68. The van der Waals surface area contributed by atoms with Crippen molar-refractivity contribution >= 4 is 5.65 Å². The highest BCUT2D eigenvalue weighted by atomic mass is 19.4. The van der Waals surface area contributed by atoms with Crippen molar-refractivity contribution in [1.29, 1.82) is 5.26 Å². The molecule has 1 aliphatic carbocycles. The highest BCUT2D eigenvalue weighted by Crippen LogP contribution is 2.41. The largest absolute Gasteiger partial charge is 0.452 e. The van der Waals surface area contributed by atoms with Crippen molar-refractivity contribution < 1.29 is 13.2 Å². The summed E-state index contributed by atoms with van der Waals surface area (Å²) in [6.07, 6.45) is 0.612. The quantitative estimate of drug-likeness (QED) is 0.666. The SMILES string of the molecule is N#CC1(c2ccc(-c3ccc4nnc(C(F)(F)F)n4c3)cc2)CCCC1. The Balaban J connectivity index is 1.73. The van der Waals surface area contributed by atoms with E-state index in [2.05, 4.69) is 16.3 Å². The predicted octanol–water partition coefficient (Wildman–Crippen LogP) is 4.75. The van der Waals surface area contributed by atoms with Crippen LogP contribution in [0.1, 0.15) is 37.1 Å². The number of alkyl halides is 3. The lowest BCUT2D eigenvalue weighted by molar-refractivity contribution is -0.145. The molecule has 0 amide bonds. The third-order valence-corrected chi connectivity index (χ3v) is 5.10. The van der Waals surface area contributed by atoms with E-state index >= 15 is 0 Å². The van der Waals surface area contributed by atoms with E-state index in [9.17, 15) is 18.4 Å². The van der Waals surface area contributed by atoms with E-state index in [1.807, 2.05) is 24.3 Å². The van der Waals surface area contributed by atoms with Crippen molar-refractivity contribution in [1.82, 2.24) is 14.6 Å². The van der Waals surface area contributed by atoms with Gasteiger partial charge >= 0.3 is 6.18 Å². The summed E-state index contributed by atoms with van der Waals surface area (Å²) in [5.74, 6) is -1.04. The fourth-order valence-electron chi connectivity index (χ4n) is 3.68. The maximum atomic E-state index is 13.0. The second-order valence-corrected chi connectivity index (χ2v) is 6.65. The molecule has 2 aromatic heterocycles. The lowest BCUT2D eigenvalue weighted by atomic mass is 9.80. The van der Waals surface area contributed by atoms with Crippen LogP contribution in [0.5, 0.6) is 0 Å².